The van der Waals surface area contributed by atoms with E-state index in [9.17, 15) is 0 Å². The standard InChI is InChI=1S/C26H22O3/c1-17(2)19-9-7-18(8-10-19)15-27-21-11-12-25-22(14-21)23(16-28-25)26-13-20-5-3-4-6-24(20)29-26/h3-14,16-17H,15H2,1-2H3. The van der Waals surface area contributed by atoms with Crippen LogP contribution in [-0.4, -0.2) is 0 Å². The van der Waals surface area contributed by atoms with Crippen molar-refractivity contribution in [3.63, 3.8) is 0 Å². The van der Waals surface area contributed by atoms with Gasteiger partial charge in [0.15, 0.2) is 0 Å². The summed E-state index contributed by atoms with van der Waals surface area (Å²) in [4.78, 5) is 0. The van der Waals surface area contributed by atoms with Crippen LogP contribution in [0.1, 0.15) is 30.9 Å². The van der Waals surface area contributed by atoms with Gasteiger partial charge in [-0.2, -0.15) is 0 Å². The summed E-state index contributed by atoms with van der Waals surface area (Å²) in [5.74, 6) is 2.14. The molecule has 0 atom stereocenters. The van der Waals surface area contributed by atoms with Gasteiger partial charge < -0.3 is 13.6 Å². The van der Waals surface area contributed by atoms with Crippen LogP contribution in [-0.2, 0) is 6.61 Å². The van der Waals surface area contributed by atoms with Crippen molar-refractivity contribution in [1.29, 1.82) is 0 Å². The van der Waals surface area contributed by atoms with Crippen LogP contribution in [0.25, 0.3) is 33.3 Å². The molecule has 0 amide bonds. The topological polar surface area (TPSA) is 35.5 Å². The van der Waals surface area contributed by atoms with Crippen LogP contribution >= 0.6 is 0 Å². The number of ether oxygens (including phenoxy) is 1. The molecule has 0 fully saturated rings. The van der Waals surface area contributed by atoms with E-state index < -0.39 is 0 Å². The van der Waals surface area contributed by atoms with Gasteiger partial charge in [0.25, 0.3) is 0 Å². The highest BCUT2D eigenvalue weighted by Crippen LogP contribution is 2.36. The molecule has 144 valence electrons. The minimum Gasteiger partial charge on any atom is -0.489 e. The van der Waals surface area contributed by atoms with E-state index >= 15 is 0 Å². The number of hydrogen-bond donors (Lipinski definition) is 0. The predicted molar refractivity (Wildman–Crippen MR) is 116 cm³/mol. The molecule has 0 bridgehead atoms. The van der Waals surface area contributed by atoms with Gasteiger partial charge in [-0.15, -0.1) is 0 Å². The lowest BCUT2D eigenvalue weighted by atomic mass is 10.0. The lowest BCUT2D eigenvalue weighted by molar-refractivity contribution is 0.306. The SMILES string of the molecule is CC(C)c1ccc(COc2ccc3occ(-c4cc5ccccc5o4)c3c2)cc1. The average molecular weight is 382 g/mol. The smallest absolute Gasteiger partial charge is 0.139 e. The van der Waals surface area contributed by atoms with Gasteiger partial charge >= 0.3 is 0 Å². The molecule has 0 aliphatic heterocycles. The van der Waals surface area contributed by atoms with Gasteiger partial charge in [0.05, 0.1) is 5.56 Å². The second-order valence-electron chi connectivity index (χ2n) is 7.64. The molecule has 0 aliphatic rings. The maximum atomic E-state index is 6.05. The molecule has 5 aromatic rings. The van der Waals surface area contributed by atoms with Crippen LogP contribution in [0.4, 0.5) is 0 Å². The van der Waals surface area contributed by atoms with Crippen LogP contribution < -0.4 is 4.74 Å². The van der Waals surface area contributed by atoms with Crippen molar-refractivity contribution >= 4 is 21.9 Å². The first kappa shape index (κ1) is 17.6. The first-order valence-electron chi connectivity index (χ1n) is 9.89. The largest absolute Gasteiger partial charge is 0.489 e. The molecule has 3 heteroatoms. The predicted octanol–water partition coefficient (Wildman–Crippen LogP) is 7.55. The number of benzene rings is 3. The second kappa shape index (κ2) is 7.17. The quantitative estimate of drug-likeness (QED) is 0.315. The first-order valence-corrected chi connectivity index (χ1v) is 9.89. The number of furan rings is 2. The molecular weight excluding hydrogens is 360 g/mol. The molecule has 3 nitrogen and oxygen atoms in total. The fraction of sp³-hybridized carbons (Fsp3) is 0.154. The third-order valence-electron chi connectivity index (χ3n) is 5.29. The van der Waals surface area contributed by atoms with Gasteiger partial charge in [0, 0.05) is 10.8 Å². The molecule has 5 rings (SSSR count). The highest BCUT2D eigenvalue weighted by atomic mass is 16.5. The maximum absolute atomic E-state index is 6.05. The molecule has 0 radical (unpaired) electrons. The number of para-hydroxylation sites is 1. The fourth-order valence-electron chi connectivity index (χ4n) is 3.57. The van der Waals surface area contributed by atoms with Crippen LogP contribution in [0.5, 0.6) is 5.75 Å². The summed E-state index contributed by atoms with van der Waals surface area (Å²) >= 11 is 0. The van der Waals surface area contributed by atoms with Crippen molar-refractivity contribution in [3.8, 4) is 17.1 Å². The summed E-state index contributed by atoms with van der Waals surface area (Å²) in [7, 11) is 0. The van der Waals surface area contributed by atoms with E-state index in [0.29, 0.717) is 12.5 Å². The normalized spacial score (nSPS) is 11.6. The monoisotopic (exact) mass is 382 g/mol. The summed E-state index contributed by atoms with van der Waals surface area (Å²) < 4.78 is 17.8. The number of fused-ring (bicyclic) bond motifs is 2. The van der Waals surface area contributed by atoms with Crippen LogP contribution in [0.2, 0.25) is 0 Å². The lowest BCUT2D eigenvalue weighted by Gasteiger charge is -2.09. The highest BCUT2D eigenvalue weighted by molar-refractivity contribution is 5.95. The zero-order chi connectivity index (χ0) is 19.8. The van der Waals surface area contributed by atoms with E-state index in [4.69, 9.17) is 13.6 Å². The molecule has 2 heterocycles. The van der Waals surface area contributed by atoms with Gasteiger partial charge in [0.1, 0.15) is 35.5 Å². The summed E-state index contributed by atoms with van der Waals surface area (Å²) in [6, 6.07) is 24.5. The van der Waals surface area contributed by atoms with Crippen molar-refractivity contribution in [2.45, 2.75) is 26.4 Å². The second-order valence-corrected chi connectivity index (χ2v) is 7.64. The van der Waals surface area contributed by atoms with Crippen molar-refractivity contribution < 1.29 is 13.6 Å². The Kier molecular flexibility index (Phi) is 4.36. The molecular formula is C26H22O3. The minimum absolute atomic E-state index is 0.529. The summed E-state index contributed by atoms with van der Waals surface area (Å²) in [5.41, 5.74) is 5.11. The van der Waals surface area contributed by atoms with E-state index in [1.807, 2.05) is 48.5 Å². The molecule has 0 saturated carbocycles. The minimum atomic E-state index is 0.529. The van der Waals surface area contributed by atoms with Crippen LogP contribution in [0.3, 0.4) is 0 Å². The zero-order valence-electron chi connectivity index (χ0n) is 16.5. The van der Waals surface area contributed by atoms with Crippen LogP contribution in [0.15, 0.2) is 87.9 Å². The zero-order valence-corrected chi connectivity index (χ0v) is 16.5. The third kappa shape index (κ3) is 3.40. The van der Waals surface area contributed by atoms with Crippen LogP contribution in [0, 0.1) is 0 Å². The Morgan fingerprint density at radius 2 is 1.69 bits per heavy atom. The Labute approximate surface area is 169 Å². The molecule has 0 saturated heterocycles. The van der Waals surface area contributed by atoms with Crippen molar-refractivity contribution in [2.75, 3.05) is 0 Å². The van der Waals surface area contributed by atoms with Gasteiger partial charge in [0.2, 0.25) is 0 Å². The molecule has 0 unspecified atom stereocenters. The van der Waals surface area contributed by atoms with Crippen molar-refractivity contribution in [3.05, 3.63) is 90.2 Å². The molecule has 29 heavy (non-hydrogen) atoms. The summed E-state index contributed by atoms with van der Waals surface area (Å²) in [6.45, 7) is 4.93. The fourth-order valence-corrected chi connectivity index (χ4v) is 3.57. The Morgan fingerprint density at radius 3 is 2.48 bits per heavy atom. The average Bonchev–Trinajstić information content (AvgIpc) is 3.35. The summed E-state index contributed by atoms with van der Waals surface area (Å²) in [6.07, 6.45) is 1.75. The Morgan fingerprint density at radius 1 is 0.862 bits per heavy atom. The molecule has 3 aromatic carbocycles. The Bertz CT molecular complexity index is 1240. The van der Waals surface area contributed by atoms with Gasteiger partial charge in [-0.05, 0) is 47.4 Å². The lowest BCUT2D eigenvalue weighted by Crippen LogP contribution is -1.96. The number of hydrogen-bond acceptors (Lipinski definition) is 3. The molecule has 2 aromatic heterocycles. The number of rotatable bonds is 5. The van der Waals surface area contributed by atoms with Gasteiger partial charge in [-0.25, -0.2) is 0 Å². The summed E-state index contributed by atoms with van der Waals surface area (Å²) in [5, 5.41) is 2.06. The first-order chi connectivity index (χ1) is 14.2. The highest BCUT2D eigenvalue weighted by Gasteiger charge is 2.14. The van der Waals surface area contributed by atoms with E-state index in [-0.39, 0.29) is 0 Å². The molecule has 0 spiro atoms. The van der Waals surface area contributed by atoms with E-state index in [1.54, 1.807) is 6.26 Å². The van der Waals surface area contributed by atoms with Gasteiger partial charge in [-0.3, -0.25) is 0 Å². The Hall–Kier alpha value is -3.46. The third-order valence-corrected chi connectivity index (χ3v) is 5.29. The maximum Gasteiger partial charge on any atom is 0.139 e. The van der Waals surface area contributed by atoms with E-state index in [2.05, 4.69) is 38.1 Å². The molecule has 0 N–H and O–H groups in total. The Balaban J connectivity index is 1.41. The van der Waals surface area contributed by atoms with Crippen molar-refractivity contribution in [1.82, 2.24) is 0 Å². The molecule has 0 aliphatic carbocycles. The van der Waals surface area contributed by atoms with Gasteiger partial charge in [-0.1, -0.05) is 56.3 Å². The van der Waals surface area contributed by atoms with E-state index in [0.717, 1.165) is 44.6 Å². The van der Waals surface area contributed by atoms with E-state index in [1.165, 1.54) is 5.56 Å². The van der Waals surface area contributed by atoms with Crippen molar-refractivity contribution in [2.24, 2.45) is 0 Å².